The maximum atomic E-state index is 10.7. The van der Waals surface area contributed by atoms with Crippen molar-refractivity contribution in [2.24, 2.45) is 5.92 Å². The van der Waals surface area contributed by atoms with Gasteiger partial charge in [0.25, 0.3) is 0 Å². The Balaban J connectivity index is 0.000000190. The van der Waals surface area contributed by atoms with E-state index in [1.807, 2.05) is 0 Å². The van der Waals surface area contributed by atoms with E-state index < -0.39 is 18.4 Å². The smallest absolute Gasteiger partial charge is 0.317 e. The molecule has 0 atom stereocenters. The SMILES string of the molecule is O=C(O)CC(=O)OCC1CCC1.c1ccc(CCc2ccccc2)cc1. The van der Waals surface area contributed by atoms with Crippen LogP contribution in [0.5, 0.6) is 0 Å². The summed E-state index contributed by atoms with van der Waals surface area (Å²) in [6.45, 7) is 0.395. The Kier molecular flexibility index (Phi) is 8.40. The van der Waals surface area contributed by atoms with Gasteiger partial charge in [0.15, 0.2) is 0 Å². The second-order valence-corrected chi connectivity index (χ2v) is 6.52. The summed E-state index contributed by atoms with van der Waals surface area (Å²) in [7, 11) is 0. The average Bonchev–Trinajstić information content (AvgIpc) is 2.60. The monoisotopic (exact) mass is 354 g/mol. The molecule has 0 amide bonds. The van der Waals surface area contributed by atoms with Gasteiger partial charge in [0.1, 0.15) is 6.42 Å². The molecule has 2 aromatic rings. The van der Waals surface area contributed by atoms with Crippen molar-refractivity contribution in [1.82, 2.24) is 0 Å². The first-order valence-corrected chi connectivity index (χ1v) is 9.08. The van der Waals surface area contributed by atoms with Crippen molar-refractivity contribution >= 4 is 11.9 Å². The van der Waals surface area contributed by atoms with Gasteiger partial charge in [-0.2, -0.15) is 0 Å². The number of aliphatic carboxylic acids is 1. The zero-order chi connectivity index (χ0) is 18.6. The van der Waals surface area contributed by atoms with Crippen LogP contribution in [0.4, 0.5) is 0 Å². The molecule has 0 saturated heterocycles. The van der Waals surface area contributed by atoms with Gasteiger partial charge in [-0.3, -0.25) is 9.59 Å². The van der Waals surface area contributed by atoms with Crippen LogP contribution >= 0.6 is 0 Å². The number of hydrogen-bond acceptors (Lipinski definition) is 3. The van der Waals surface area contributed by atoms with Crippen LogP contribution < -0.4 is 0 Å². The van der Waals surface area contributed by atoms with Gasteiger partial charge >= 0.3 is 11.9 Å². The largest absolute Gasteiger partial charge is 0.481 e. The lowest BCUT2D eigenvalue weighted by Gasteiger charge is -2.24. The lowest BCUT2D eigenvalue weighted by Crippen LogP contribution is -2.21. The molecule has 1 saturated carbocycles. The molecule has 4 heteroatoms. The molecule has 0 radical (unpaired) electrons. The Bertz CT molecular complexity index is 624. The van der Waals surface area contributed by atoms with E-state index in [9.17, 15) is 9.59 Å². The second-order valence-electron chi connectivity index (χ2n) is 6.52. The van der Waals surface area contributed by atoms with Crippen LogP contribution in [0.2, 0.25) is 0 Å². The molecule has 0 aromatic heterocycles. The molecule has 0 heterocycles. The fraction of sp³-hybridized carbons (Fsp3) is 0.364. The van der Waals surface area contributed by atoms with E-state index in [1.54, 1.807) is 0 Å². The maximum Gasteiger partial charge on any atom is 0.317 e. The number of hydrogen-bond donors (Lipinski definition) is 1. The summed E-state index contributed by atoms with van der Waals surface area (Å²) in [4.78, 5) is 20.7. The summed E-state index contributed by atoms with van der Waals surface area (Å²) >= 11 is 0. The highest BCUT2D eigenvalue weighted by molar-refractivity contribution is 5.90. The summed E-state index contributed by atoms with van der Waals surface area (Å²) in [5.41, 5.74) is 2.83. The fourth-order valence-electron chi connectivity index (χ4n) is 2.62. The third-order valence-electron chi connectivity index (χ3n) is 4.39. The Morgan fingerprint density at radius 1 is 0.885 bits per heavy atom. The molecule has 4 nitrogen and oxygen atoms in total. The third-order valence-corrected chi connectivity index (χ3v) is 4.39. The molecule has 138 valence electrons. The minimum atomic E-state index is -1.13. The molecule has 0 unspecified atom stereocenters. The quantitative estimate of drug-likeness (QED) is 0.595. The zero-order valence-electron chi connectivity index (χ0n) is 15.0. The predicted molar refractivity (Wildman–Crippen MR) is 101 cm³/mol. The van der Waals surface area contributed by atoms with E-state index in [2.05, 4.69) is 60.7 Å². The van der Waals surface area contributed by atoms with E-state index >= 15 is 0 Å². The average molecular weight is 354 g/mol. The summed E-state index contributed by atoms with van der Waals surface area (Å²) in [6, 6.07) is 21.2. The summed E-state index contributed by atoms with van der Waals surface area (Å²) in [5.74, 6) is -1.29. The van der Waals surface area contributed by atoms with Crippen LogP contribution in [0, 0.1) is 5.92 Å². The highest BCUT2D eigenvalue weighted by Gasteiger charge is 2.19. The van der Waals surface area contributed by atoms with E-state index in [0.717, 1.165) is 25.7 Å². The van der Waals surface area contributed by atoms with Crippen LogP contribution in [0.3, 0.4) is 0 Å². The Morgan fingerprint density at radius 3 is 1.77 bits per heavy atom. The van der Waals surface area contributed by atoms with Crippen LogP contribution in [0.1, 0.15) is 36.8 Å². The first-order chi connectivity index (χ1) is 12.6. The predicted octanol–water partition coefficient (Wildman–Crippen LogP) is 4.28. The van der Waals surface area contributed by atoms with Gasteiger partial charge in [0.05, 0.1) is 6.61 Å². The molecule has 1 aliphatic carbocycles. The lowest BCUT2D eigenvalue weighted by molar-refractivity contribution is -0.152. The zero-order valence-corrected chi connectivity index (χ0v) is 15.0. The van der Waals surface area contributed by atoms with E-state index in [0.29, 0.717) is 12.5 Å². The van der Waals surface area contributed by atoms with Gasteiger partial charge in [0.2, 0.25) is 0 Å². The minimum absolute atomic E-state index is 0.395. The normalized spacial score (nSPS) is 13.1. The molecule has 26 heavy (non-hydrogen) atoms. The molecular weight excluding hydrogens is 328 g/mol. The number of ether oxygens (including phenoxy) is 1. The molecule has 1 fully saturated rings. The highest BCUT2D eigenvalue weighted by atomic mass is 16.5. The number of carbonyl (C=O) groups is 2. The van der Waals surface area contributed by atoms with Crippen molar-refractivity contribution in [1.29, 1.82) is 0 Å². The number of rotatable bonds is 7. The number of carbonyl (C=O) groups excluding carboxylic acids is 1. The standard InChI is InChI=1S/C14H14.C8H12O4/c1-3-7-13(8-4-1)11-12-14-9-5-2-6-10-14;9-7(10)4-8(11)12-5-6-2-1-3-6/h1-10H,11-12H2;6H,1-5H2,(H,9,10). The molecular formula is C22H26O4. The number of carboxylic acid groups (broad SMARTS) is 1. The molecule has 0 spiro atoms. The second kappa shape index (κ2) is 11.1. The van der Waals surface area contributed by atoms with Crippen molar-refractivity contribution in [2.45, 2.75) is 38.5 Å². The van der Waals surface area contributed by atoms with Crippen molar-refractivity contribution in [3.8, 4) is 0 Å². The number of aryl methyl sites for hydroxylation is 2. The van der Waals surface area contributed by atoms with Gasteiger partial charge in [-0.05, 0) is 42.7 Å². The number of carboxylic acids is 1. The molecule has 1 N–H and O–H groups in total. The lowest BCUT2D eigenvalue weighted by atomic mass is 9.86. The molecule has 3 rings (SSSR count). The van der Waals surface area contributed by atoms with Crippen molar-refractivity contribution in [2.75, 3.05) is 6.61 Å². The van der Waals surface area contributed by atoms with Crippen molar-refractivity contribution in [3.63, 3.8) is 0 Å². The van der Waals surface area contributed by atoms with Crippen LogP contribution in [0.25, 0.3) is 0 Å². The summed E-state index contributed by atoms with van der Waals surface area (Å²) in [6.07, 6.45) is 5.13. The summed E-state index contributed by atoms with van der Waals surface area (Å²) < 4.78 is 4.74. The van der Waals surface area contributed by atoms with E-state index in [-0.39, 0.29) is 0 Å². The highest BCUT2D eigenvalue weighted by Crippen LogP contribution is 2.26. The van der Waals surface area contributed by atoms with Crippen molar-refractivity contribution < 1.29 is 19.4 Å². The Labute approximate surface area is 154 Å². The molecule has 0 bridgehead atoms. The fourth-order valence-corrected chi connectivity index (χ4v) is 2.62. The van der Waals surface area contributed by atoms with E-state index in [4.69, 9.17) is 9.84 Å². The topological polar surface area (TPSA) is 63.6 Å². The maximum absolute atomic E-state index is 10.7. The van der Waals surface area contributed by atoms with Crippen LogP contribution in [-0.2, 0) is 27.2 Å². The first kappa shape index (κ1) is 19.7. The number of benzene rings is 2. The third kappa shape index (κ3) is 7.97. The van der Waals surface area contributed by atoms with Gasteiger partial charge in [-0.15, -0.1) is 0 Å². The first-order valence-electron chi connectivity index (χ1n) is 9.08. The van der Waals surface area contributed by atoms with Crippen molar-refractivity contribution in [3.05, 3.63) is 71.8 Å². The Hall–Kier alpha value is -2.62. The Morgan fingerprint density at radius 2 is 1.38 bits per heavy atom. The van der Waals surface area contributed by atoms with Gasteiger partial charge in [-0.25, -0.2) is 0 Å². The van der Waals surface area contributed by atoms with Gasteiger partial charge in [0, 0.05) is 0 Å². The van der Waals surface area contributed by atoms with Crippen LogP contribution in [-0.4, -0.2) is 23.7 Å². The van der Waals surface area contributed by atoms with Crippen LogP contribution in [0.15, 0.2) is 60.7 Å². The minimum Gasteiger partial charge on any atom is -0.481 e. The van der Waals surface area contributed by atoms with Gasteiger partial charge in [-0.1, -0.05) is 67.1 Å². The van der Waals surface area contributed by atoms with Gasteiger partial charge < -0.3 is 9.84 Å². The van der Waals surface area contributed by atoms with E-state index in [1.165, 1.54) is 17.5 Å². The molecule has 2 aromatic carbocycles. The number of esters is 1. The molecule has 0 aliphatic heterocycles. The summed E-state index contributed by atoms with van der Waals surface area (Å²) in [5, 5.41) is 8.22. The molecule has 1 aliphatic rings.